The largest absolute Gasteiger partial charge is 0.480 e. The van der Waals surface area contributed by atoms with Crippen LogP contribution in [0.5, 0.6) is 0 Å². The second-order valence-electron chi connectivity index (χ2n) is 10.4. The highest BCUT2D eigenvalue weighted by Crippen LogP contribution is 2.21. The molecule has 1 fully saturated rings. The predicted octanol–water partition coefficient (Wildman–Crippen LogP) is 3.35. The van der Waals surface area contributed by atoms with Crippen LogP contribution in [0.25, 0.3) is 11.1 Å². The van der Waals surface area contributed by atoms with Crippen molar-refractivity contribution in [2.45, 2.75) is 64.3 Å². The van der Waals surface area contributed by atoms with Gasteiger partial charge < -0.3 is 25.2 Å². The van der Waals surface area contributed by atoms with Crippen LogP contribution in [0.3, 0.4) is 0 Å². The van der Waals surface area contributed by atoms with Crippen molar-refractivity contribution >= 4 is 23.9 Å². The lowest BCUT2D eigenvalue weighted by Crippen LogP contribution is -2.50. The number of carboxylic acids is 1. The van der Waals surface area contributed by atoms with Gasteiger partial charge >= 0.3 is 12.1 Å². The predicted molar refractivity (Wildman–Crippen MR) is 145 cm³/mol. The SMILES string of the molecule is CC(C)(C)OC(=O)N1CCCOC1CCC(=O)N[C@@H](Cc1ccc(-c2ccccc2)cc1)C(=O)NCC(=O)O. The van der Waals surface area contributed by atoms with E-state index in [0.29, 0.717) is 19.6 Å². The molecule has 3 rings (SSSR count). The first kappa shape index (κ1) is 29.6. The molecule has 0 saturated carbocycles. The fourth-order valence-corrected chi connectivity index (χ4v) is 4.17. The van der Waals surface area contributed by atoms with Crippen LogP contribution in [0.15, 0.2) is 54.6 Å². The first-order chi connectivity index (χ1) is 18.5. The number of benzene rings is 2. The van der Waals surface area contributed by atoms with Crippen LogP contribution in [0.4, 0.5) is 4.79 Å². The first-order valence-electron chi connectivity index (χ1n) is 13.1. The molecule has 1 aliphatic rings. The Balaban J connectivity index is 1.63. The lowest BCUT2D eigenvalue weighted by atomic mass is 10.00. The number of carbonyl (C=O) groups excluding carboxylic acids is 3. The van der Waals surface area contributed by atoms with E-state index in [2.05, 4.69) is 10.6 Å². The summed E-state index contributed by atoms with van der Waals surface area (Å²) in [6.07, 6.45) is -0.0610. The molecule has 0 aromatic heterocycles. The minimum absolute atomic E-state index is 0.000377. The van der Waals surface area contributed by atoms with Gasteiger partial charge in [0.15, 0.2) is 0 Å². The Morgan fingerprint density at radius 3 is 2.36 bits per heavy atom. The van der Waals surface area contributed by atoms with Gasteiger partial charge in [-0.1, -0.05) is 54.6 Å². The highest BCUT2D eigenvalue weighted by Gasteiger charge is 2.32. The molecule has 1 unspecified atom stereocenters. The Labute approximate surface area is 228 Å². The Morgan fingerprint density at radius 1 is 1.05 bits per heavy atom. The fourth-order valence-electron chi connectivity index (χ4n) is 4.17. The normalized spacial score (nSPS) is 16.2. The Bertz CT molecular complexity index is 1130. The van der Waals surface area contributed by atoms with Crippen molar-refractivity contribution in [2.24, 2.45) is 0 Å². The smallest absolute Gasteiger partial charge is 0.412 e. The summed E-state index contributed by atoms with van der Waals surface area (Å²) in [7, 11) is 0. The molecule has 10 heteroatoms. The van der Waals surface area contributed by atoms with Crippen molar-refractivity contribution < 1.29 is 33.8 Å². The van der Waals surface area contributed by atoms with Gasteiger partial charge in [-0.3, -0.25) is 19.3 Å². The standard InChI is InChI=1S/C29H37N3O7/c1-29(2,3)39-28(37)32-16-7-17-38-25(32)15-14-24(33)31-23(27(36)30-19-26(34)35)18-20-10-12-22(13-11-20)21-8-5-4-6-9-21/h4-6,8-13,23,25H,7,14-19H2,1-3H3,(H,30,36)(H,31,33)(H,34,35)/t23-,25?/m0/s1. The van der Waals surface area contributed by atoms with Gasteiger partial charge in [0.2, 0.25) is 11.8 Å². The number of carbonyl (C=O) groups is 4. The third-order valence-corrected chi connectivity index (χ3v) is 6.01. The van der Waals surface area contributed by atoms with Gasteiger partial charge in [0.25, 0.3) is 0 Å². The van der Waals surface area contributed by atoms with Gasteiger partial charge in [0.05, 0.1) is 6.61 Å². The summed E-state index contributed by atoms with van der Waals surface area (Å²) < 4.78 is 11.2. The average molecular weight is 540 g/mol. The van der Waals surface area contributed by atoms with Crippen LogP contribution in [0.2, 0.25) is 0 Å². The van der Waals surface area contributed by atoms with Crippen LogP contribution in [-0.4, -0.2) is 71.5 Å². The van der Waals surface area contributed by atoms with Crippen molar-refractivity contribution in [2.75, 3.05) is 19.7 Å². The second kappa shape index (κ2) is 13.7. The van der Waals surface area contributed by atoms with E-state index in [1.165, 1.54) is 4.90 Å². The zero-order valence-corrected chi connectivity index (χ0v) is 22.6. The molecular formula is C29H37N3O7. The zero-order valence-electron chi connectivity index (χ0n) is 22.6. The van der Waals surface area contributed by atoms with Gasteiger partial charge in [-0.25, -0.2) is 4.79 Å². The number of hydrogen-bond acceptors (Lipinski definition) is 6. The number of aliphatic carboxylic acids is 1. The lowest BCUT2D eigenvalue weighted by molar-refractivity contribution is -0.138. The van der Waals surface area contributed by atoms with Gasteiger partial charge in [0, 0.05) is 25.8 Å². The number of carboxylic acid groups (broad SMARTS) is 1. The van der Waals surface area contributed by atoms with Gasteiger partial charge in [-0.05, 0) is 43.9 Å². The van der Waals surface area contributed by atoms with Crippen LogP contribution in [0.1, 0.15) is 45.6 Å². The van der Waals surface area contributed by atoms with Crippen molar-refractivity contribution in [3.05, 3.63) is 60.2 Å². The van der Waals surface area contributed by atoms with Gasteiger partial charge in [0.1, 0.15) is 24.4 Å². The van der Waals surface area contributed by atoms with E-state index in [9.17, 15) is 19.2 Å². The number of hydrogen-bond donors (Lipinski definition) is 3. The zero-order chi connectivity index (χ0) is 28.4. The van der Waals surface area contributed by atoms with E-state index in [1.807, 2.05) is 54.6 Å². The van der Waals surface area contributed by atoms with E-state index in [1.54, 1.807) is 20.8 Å². The number of nitrogens with zero attached hydrogens (tertiary/aromatic N) is 1. The minimum Gasteiger partial charge on any atom is -0.480 e. The number of amides is 3. The highest BCUT2D eigenvalue weighted by atomic mass is 16.6. The summed E-state index contributed by atoms with van der Waals surface area (Å²) in [6, 6.07) is 16.5. The van der Waals surface area contributed by atoms with E-state index in [-0.39, 0.29) is 19.3 Å². The van der Waals surface area contributed by atoms with E-state index >= 15 is 0 Å². The summed E-state index contributed by atoms with van der Waals surface area (Å²) in [5, 5.41) is 14.0. The van der Waals surface area contributed by atoms with Crippen molar-refractivity contribution in [3.63, 3.8) is 0 Å². The molecule has 0 aliphatic carbocycles. The first-order valence-corrected chi connectivity index (χ1v) is 13.1. The molecule has 10 nitrogen and oxygen atoms in total. The summed E-state index contributed by atoms with van der Waals surface area (Å²) in [5.41, 5.74) is 2.21. The Hall–Kier alpha value is -3.92. The second-order valence-corrected chi connectivity index (χ2v) is 10.4. The summed E-state index contributed by atoms with van der Waals surface area (Å²) >= 11 is 0. The highest BCUT2D eigenvalue weighted by molar-refractivity contribution is 5.89. The molecule has 0 radical (unpaired) electrons. The molecule has 1 heterocycles. The van der Waals surface area contributed by atoms with E-state index < -0.39 is 48.3 Å². The van der Waals surface area contributed by atoms with Crippen LogP contribution in [0, 0.1) is 0 Å². The van der Waals surface area contributed by atoms with Crippen molar-refractivity contribution in [3.8, 4) is 11.1 Å². The fraction of sp³-hybridized carbons (Fsp3) is 0.448. The van der Waals surface area contributed by atoms with Crippen molar-refractivity contribution in [1.82, 2.24) is 15.5 Å². The third kappa shape index (κ3) is 9.72. The molecule has 39 heavy (non-hydrogen) atoms. The number of rotatable bonds is 10. The molecule has 0 bridgehead atoms. The molecular weight excluding hydrogens is 502 g/mol. The lowest BCUT2D eigenvalue weighted by Gasteiger charge is -2.36. The number of ether oxygens (including phenoxy) is 2. The molecule has 1 saturated heterocycles. The Morgan fingerprint density at radius 2 is 1.72 bits per heavy atom. The maximum atomic E-state index is 12.9. The average Bonchev–Trinajstić information content (AvgIpc) is 2.90. The third-order valence-electron chi connectivity index (χ3n) is 6.01. The molecule has 2 aromatic rings. The Kier molecular flexibility index (Phi) is 10.4. The summed E-state index contributed by atoms with van der Waals surface area (Å²) in [5.74, 6) is -2.19. The van der Waals surface area contributed by atoms with E-state index in [0.717, 1.165) is 16.7 Å². The quantitative estimate of drug-likeness (QED) is 0.422. The van der Waals surface area contributed by atoms with Crippen LogP contribution in [-0.2, 0) is 30.3 Å². The van der Waals surface area contributed by atoms with Gasteiger partial charge in [-0.15, -0.1) is 0 Å². The van der Waals surface area contributed by atoms with Crippen LogP contribution < -0.4 is 10.6 Å². The minimum atomic E-state index is -1.18. The molecule has 2 aromatic carbocycles. The van der Waals surface area contributed by atoms with Crippen LogP contribution >= 0.6 is 0 Å². The molecule has 2 atom stereocenters. The summed E-state index contributed by atoms with van der Waals surface area (Å²) in [4.78, 5) is 50.7. The molecule has 1 aliphatic heterocycles. The maximum Gasteiger partial charge on any atom is 0.412 e. The molecule has 3 N–H and O–H groups in total. The van der Waals surface area contributed by atoms with Crippen molar-refractivity contribution in [1.29, 1.82) is 0 Å². The monoisotopic (exact) mass is 539 g/mol. The summed E-state index contributed by atoms with van der Waals surface area (Å²) in [6.45, 7) is 5.71. The molecule has 0 spiro atoms. The molecule has 3 amide bonds. The van der Waals surface area contributed by atoms with E-state index in [4.69, 9.17) is 14.6 Å². The maximum absolute atomic E-state index is 12.9. The van der Waals surface area contributed by atoms with Gasteiger partial charge in [-0.2, -0.15) is 0 Å². The number of nitrogens with one attached hydrogen (secondary N) is 2. The topological polar surface area (TPSA) is 134 Å². The molecule has 210 valence electrons.